The summed E-state index contributed by atoms with van der Waals surface area (Å²) in [5.41, 5.74) is -2.18. The number of hydrogen-bond acceptors (Lipinski definition) is 5. The Bertz CT molecular complexity index is 702. The molecule has 9 heteroatoms. The molecule has 0 aliphatic rings. The number of rotatable bonds is 6. The number of carboxylic acid groups (broad SMARTS) is 1. The van der Waals surface area contributed by atoms with E-state index in [0.717, 1.165) is 26.4 Å². The van der Waals surface area contributed by atoms with Gasteiger partial charge in [-0.05, 0) is 19.1 Å². The van der Waals surface area contributed by atoms with Crippen molar-refractivity contribution in [3.8, 4) is 0 Å². The fraction of sp³-hybridized carbons (Fsp3) is 0.385. The molecule has 122 valence electrons. The fourth-order valence-electron chi connectivity index (χ4n) is 1.55. The highest BCUT2D eigenvalue weighted by Crippen LogP contribution is 2.19. The van der Waals surface area contributed by atoms with Gasteiger partial charge in [0.25, 0.3) is 5.91 Å². The fourth-order valence-corrected chi connectivity index (χ4v) is 2.35. The summed E-state index contributed by atoms with van der Waals surface area (Å²) in [6.45, 7) is 1.05. The lowest BCUT2D eigenvalue weighted by Gasteiger charge is -2.22. The van der Waals surface area contributed by atoms with Crippen molar-refractivity contribution in [3.05, 3.63) is 29.6 Å². The van der Waals surface area contributed by atoms with Crippen LogP contribution in [0.1, 0.15) is 12.5 Å². The number of sulfone groups is 1. The summed E-state index contributed by atoms with van der Waals surface area (Å²) in [5, 5.41) is 11.2. The van der Waals surface area contributed by atoms with Gasteiger partial charge in [0, 0.05) is 24.6 Å². The van der Waals surface area contributed by atoms with Crippen LogP contribution >= 0.6 is 0 Å². The molecule has 1 amide bonds. The molecule has 1 unspecified atom stereocenters. The lowest BCUT2D eigenvalue weighted by atomic mass is 10.1. The molecule has 0 aliphatic heterocycles. The van der Waals surface area contributed by atoms with Crippen LogP contribution < -0.4 is 5.32 Å². The number of ether oxygens (including phenoxy) is 1. The summed E-state index contributed by atoms with van der Waals surface area (Å²) >= 11 is 0. The lowest BCUT2D eigenvalue weighted by molar-refractivity contribution is -0.165. The van der Waals surface area contributed by atoms with E-state index in [4.69, 9.17) is 5.11 Å². The molecule has 0 aliphatic carbocycles. The van der Waals surface area contributed by atoms with Gasteiger partial charge >= 0.3 is 5.97 Å². The predicted octanol–water partition coefficient (Wildman–Crippen LogP) is 0.798. The number of carbonyl (C=O) groups excluding carboxylic acids is 1. The maximum Gasteiger partial charge on any atom is 0.345 e. The molecule has 2 N–H and O–H groups in total. The van der Waals surface area contributed by atoms with E-state index < -0.39 is 38.9 Å². The Morgan fingerprint density at radius 1 is 1.41 bits per heavy atom. The second-order valence-corrected chi connectivity index (χ2v) is 7.01. The van der Waals surface area contributed by atoms with Crippen LogP contribution in [-0.4, -0.2) is 44.4 Å². The molecule has 0 bridgehead atoms. The van der Waals surface area contributed by atoms with Gasteiger partial charge in [-0.3, -0.25) is 4.79 Å². The van der Waals surface area contributed by atoms with E-state index in [1.54, 1.807) is 0 Å². The molecule has 0 heterocycles. The van der Waals surface area contributed by atoms with E-state index in [-0.39, 0.29) is 11.3 Å². The SMILES string of the molecule is COC(C)(C(=O)O)C(=O)Nc1ccc(CS(C)(=O)=O)c(F)c1. The first-order chi connectivity index (χ1) is 9.99. The molecule has 22 heavy (non-hydrogen) atoms. The smallest absolute Gasteiger partial charge is 0.345 e. The van der Waals surface area contributed by atoms with Gasteiger partial charge in [0.1, 0.15) is 5.82 Å². The molecule has 0 saturated heterocycles. The predicted molar refractivity (Wildman–Crippen MR) is 76.6 cm³/mol. The number of aliphatic carboxylic acids is 1. The molecule has 0 aromatic heterocycles. The third kappa shape index (κ3) is 4.25. The maximum atomic E-state index is 13.8. The standard InChI is InChI=1S/C13H16FNO6S/c1-13(21-2,12(17)18)11(16)15-9-5-4-8(10(14)6-9)7-22(3,19)20/h4-6H,7H2,1-3H3,(H,15,16)(H,17,18). The Labute approximate surface area is 127 Å². The Morgan fingerprint density at radius 3 is 2.41 bits per heavy atom. The summed E-state index contributed by atoms with van der Waals surface area (Å²) in [7, 11) is -2.34. The number of hydrogen-bond donors (Lipinski definition) is 2. The van der Waals surface area contributed by atoms with Crippen LogP contribution in [0.15, 0.2) is 18.2 Å². The van der Waals surface area contributed by atoms with Crippen LogP contribution in [-0.2, 0) is 29.9 Å². The molecule has 1 aromatic carbocycles. The third-order valence-electron chi connectivity index (χ3n) is 2.98. The van der Waals surface area contributed by atoms with Gasteiger partial charge in [0.15, 0.2) is 9.84 Å². The topological polar surface area (TPSA) is 110 Å². The second-order valence-electron chi connectivity index (χ2n) is 4.87. The van der Waals surface area contributed by atoms with Gasteiger partial charge in [0.2, 0.25) is 5.60 Å². The molecule has 0 spiro atoms. The van der Waals surface area contributed by atoms with E-state index in [9.17, 15) is 22.4 Å². The summed E-state index contributed by atoms with van der Waals surface area (Å²) in [6, 6.07) is 3.40. The third-order valence-corrected chi connectivity index (χ3v) is 3.81. The zero-order valence-electron chi connectivity index (χ0n) is 12.2. The second kappa shape index (κ2) is 6.41. The van der Waals surface area contributed by atoms with Crippen molar-refractivity contribution >= 4 is 27.4 Å². The van der Waals surface area contributed by atoms with E-state index in [1.807, 2.05) is 0 Å². The number of carbonyl (C=O) groups is 2. The summed E-state index contributed by atoms with van der Waals surface area (Å²) in [6.07, 6.45) is 0.971. The maximum absolute atomic E-state index is 13.8. The molecular weight excluding hydrogens is 317 g/mol. The number of carboxylic acids is 1. The van der Waals surface area contributed by atoms with Crippen LogP contribution in [0.4, 0.5) is 10.1 Å². The van der Waals surface area contributed by atoms with Crippen LogP contribution in [0.2, 0.25) is 0 Å². The van der Waals surface area contributed by atoms with E-state index in [1.165, 1.54) is 12.1 Å². The summed E-state index contributed by atoms with van der Waals surface area (Å²) < 4.78 is 40.8. The summed E-state index contributed by atoms with van der Waals surface area (Å²) in [5.74, 6) is -3.78. The molecule has 1 rings (SSSR count). The van der Waals surface area contributed by atoms with Crippen molar-refractivity contribution in [1.82, 2.24) is 0 Å². The van der Waals surface area contributed by atoms with Crippen LogP contribution in [0.5, 0.6) is 0 Å². The minimum atomic E-state index is -3.40. The highest BCUT2D eigenvalue weighted by Gasteiger charge is 2.41. The largest absolute Gasteiger partial charge is 0.479 e. The first-order valence-electron chi connectivity index (χ1n) is 6.06. The number of nitrogens with one attached hydrogen (secondary N) is 1. The summed E-state index contributed by atoms with van der Waals surface area (Å²) in [4.78, 5) is 22.9. The minimum Gasteiger partial charge on any atom is -0.479 e. The number of halogens is 1. The Hall–Kier alpha value is -2.00. The molecule has 0 radical (unpaired) electrons. The average molecular weight is 333 g/mol. The molecule has 1 aromatic rings. The van der Waals surface area contributed by atoms with Crippen molar-refractivity contribution < 1.29 is 32.2 Å². The first kappa shape index (κ1) is 18.1. The first-order valence-corrected chi connectivity index (χ1v) is 8.12. The molecule has 7 nitrogen and oxygen atoms in total. The van der Waals surface area contributed by atoms with Gasteiger partial charge in [-0.2, -0.15) is 0 Å². The van der Waals surface area contributed by atoms with Gasteiger partial charge in [-0.15, -0.1) is 0 Å². The Morgan fingerprint density at radius 2 is 2.00 bits per heavy atom. The number of anilines is 1. The zero-order chi connectivity index (χ0) is 17.1. The van der Waals surface area contributed by atoms with E-state index in [0.29, 0.717) is 0 Å². The van der Waals surface area contributed by atoms with Crippen molar-refractivity contribution in [2.45, 2.75) is 18.3 Å². The Kier molecular flexibility index (Phi) is 5.26. The van der Waals surface area contributed by atoms with Crippen molar-refractivity contribution in [2.24, 2.45) is 0 Å². The van der Waals surface area contributed by atoms with E-state index >= 15 is 0 Å². The number of methoxy groups -OCH3 is 1. The zero-order valence-corrected chi connectivity index (χ0v) is 13.0. The Balaban J connectivity index is 2.99. The average Bonchev–Trinajstić information content (AvgIpc) is 2.39. The van der Waals surface area contributed by atoms with Crippen molar-refractivity contribution in [2.75, 3.05) is 18.7 Å². The normalized spacial score (nSPS) is 14.2. The number of benzene rings is 1. The highest BCUT2D eigenvalue weighted by atomic mass is 32.2. The lowest BCUT2D eigenvalue weighted by Crippen LogP contribution is -2.48. The quantitative estimate of drug-likeness (QED) is 0.745. The van der Waals surface area contributed by atoms with Gasteiger partial charge in [-0.1, -0.05) is 6.07 Å². The van der Waals surface area contributed by atoms with Crippen LogP contribution in [0.3, 0.4) is 0 Å². The van der Waals surface area contributed by atoms with Gasteiger partial charge in [-0.25, -0.2) is 17.6 Å². The van der Waals surface area contributed by atoms with Crippen LogP contribution in [0, 0.1) is 5.82 Å². The van der Waals surface area contributed by atoms with Crippen molar-refractivity contribution in [3.63, 3.8) is 0 Å². The van der Waals surface area contributed by atoms with Crippen LogP contribution in [0.25, 0.3) is 0 Å². The van der Waals surface area contributed by atoms with Gasteiger partial charge < -0.3 is 15.2 Å². The van der Waals surface area contributed by atoms with E-state index in [2.05, 4.69) is 10.1 Å². The highest BCUT2D eigenvalue weighted by molar-refractivity contribution is 7.89. The molecule has 1 atom stereocenters. The number of amides is 1. The molecular formula is C13H16FNO6S. The monoisotopic (exact) mass is 333 g/mol. The van der Waals surface area contributed by atoms with Crippen molar-refractivity contribution in [1.29, 1.82) is 0 Å². The molecule has 0 fully saturated rings. The minimum absolute atomic E-state index is 0.00993. The molecule has 0 saturated carbocycles. The van der Waals surface area contributed by atoms with Gasteiger partial charge in [0.05, 0.1) is 5.75 Å².